The molecule has 3 N–H and O–H groups in total. The Hall–Kier alpha value is -2.12. The Morgan fingerprint density at radius 2 is 2.17 bits per heavy atom. The second-order valence-corrected chi connectivity index (χ2v) is 6.18. The molecule has 0 aliphatic rings. The molecule has 2 aromatic rings. The van der Waals surface area contributed by atoms with E-state index in [1.807, 2.05) is 5.38 Å². The van der Waals surface area contributed by atoms with Gasteiger partial charge in [-0.15, -0.1) is 0 Å². The van der Waals surface area contributed by atoms with Gasteiger partial charge in [-0.3, -0.25) is 9.59 Å². The molecule has 2 rings (SSSR count). The molecule has 1 unspecified atom stereocenters. The Kier molecular flexibility index (Phi) is 5.95. The summed E-state index contributed by atoms with van der Waals surface area (Å²) in [6.45, 7) is 2.07. The van der Waals surface area contributed by atoms with Crippen LogP contribution >= 0.6 is 11.3 Å². The van der Waals surface area contributed by atoms with Gasteiger partial charge in [0.1, 0.15) is 11.4 Å². The molecule has 0 fully saturated rings. The monoisotopic (exact) mass is 336 g/mol. The van der Waals surface area contributed by atoms with Crippen molar-refractivity contribution in [1.29, 1.82) is 0 Å². The van der Waals surface area contributed by atoms with Crippen LogP contribution in [0.3, 0.4) is 0 Å². The Morgan fingerprint density at radius 3 is 2.83 bits per heavy atom. The fraction of sp³-hybridized carbons (Fsp3) is 0.375. The Balaban J connectivity index is 1.63. The van der Waals surface area contributed by atoms with Gasteiger partial charge in [0.25, 0.3) is 5.91 Å². The molecule has 2 amide bonds. The zero-order valence-electron chi connectivity index (χ0n) is 12.9. The highest BCUT2D eigenvalue weighted by atomic mass is 32.1. The maximum Gasteiger partial charge on any atom is 0.252 e. The number of nitrogens with one attached hydrogen (secondary N) is 2. The van der Waals surface area contributed by atoms with E-state index in [-0.39, 0.29) is 24.8 Å². The first kappa shape index (κ1) is 17.2. The number of thiophene rings is 1. The van der Waals surface area contributed by atoms with Crippen LogP contribution in [0, 0.1) is 0 Å². The molecule has 124 valence electrons. The highest BCUT2D eigenvalue weighted by Crippen LogP contribution is 2.19. The molecule has 0 aliphatic carbocycles. The Bertz CT molecular complexity index is 621. The van der Waals surface area contributed by atoms with Gasteiger partial charge in [0.05, 0.1) is 12.8 Å². The first-order valence-electron chi connectivity index (χ1n) is 7.32. The minimum absolute atomic E-state index is 0.0700. The number of carbonyl (C=O) groups is 2. The van der Waals surface area contributed by atoms with Crippen molar-refractivity contribution in [2.75, 3.05) is 13.1 Å². The van der Waals surface area contributed by atoms with Crippen LogP contribution in [0.4, 0.5) is 0 Å². The molecule has 0 radical (unpaired) electrons. The quantitative estimate of drug-likeness (QED) is 0.642. The van der Waals surface area contributed by atoms with E-state index in [0.29, 0.717) is 24.3 Å². The van der Waals surface area contributed by atoms with Gasteiger partial charge in [0.15, 0.2) is 0 Å². The molecule has 0 saturated carbocycles. The molecule has 0 aliphatic heterocycles. The summed E-state index contributed by atoms with van der Waals surface area (Å²) in [6, 6.07) is 5.09. The van der Waals surface area contributed by atoms with Gasteiger partial charge in [-0.1, -0.05) is 0 Å². The normalized spacial score (nSPS) is 13.3. The van der Waals surface area contributed by atoms with Gasteiger partial charge in [-0.2, -0.15) is 11.3 Å². The summed E-state index contributed by atoms with van der Waals surface area (Å²) in [5.74, 6) is 0.0925. The predicted octanol–water partition coefficient (Wildman–Crippen LogP) is 1.87. The zero-order chi connectivity index (χ0) is 16.7. The van der Waals surface area contributed by atoms with E-state index >= 15 is 0 Å². The van der Waals surface area contributed by atoms with Crippen molar-refractivity contribution < 1.29 is 19.1 Å². The predicted molar refractivity (Wildman–Crippen MR) is 87.2 cm³/mol. The van der Waals surface area contributed by atoms with Crippen LogP contribution in [0.15, 0.2) is 39.6 Å². The van der Waals surface area contributed by atoms with Gasteiger partial charge in [0, 0.05) is 23.9 Å². The average molecular weight is 336 g/mol. The number of rotatable bonds is 8. The van der Waals surface area contributed by atoms with Crippen LogP contribution in [-0.2, 0) is 10.4 Å². The molecule has 1 atom stereocenters. The van der Waals surface area contributed by atoms with E-state index in [1.54, 1.807) is 30.5 Å². The van der Waals surface area contributed by atoms with Crippen LogP contribution in [0.2, 0.25) is 0 Å². The molecule has 23 heavy (non-hydrogen) atoms. The third-order valence-corrected chi connectivity index (χ3v) is 4.01. The average Bonchev–Trinajstić information content (AvgIpc) is 3.22. The van der Waals surface area contributed by atoms with Crippen molar-refractivity contribution in [2.24, 2.45) is 0 Å². The van der Waals surface area contributed by atoms with Gasteiger partial charge in [-0.05, 0) is 36.9 Å². The van der Waals surface area contributed by atoms with Crippen LogP contribution in [-0.4, -0.2) is 30.0 Å². The maximum absolute atomic E-state index is 11.8. The van der Waals surface area contributed by atoms with Gasteiger partial charge >= 0.3 is 0 Å². The number of amides is 2. The minimum atomic E-state index is -1.24. The summed E-state index contributed by atoms with van der Waals surface area (Å²) >= 11 is 1.46. The molecule has 0 aromatic carbocycles. The van der Waals surface area contributed by atoms with Crippen molar-refractivity contribution in [2.45, 2.75) is 25.4 Å². The molecule has 6 nitrogen and oxygen atoms in total. The number of hydrogen-bond donors (Lipinski definition) is 3. The van der Waals surface area contributed by atoms with E-state index in [9.17, 15) is 14.7 Å². The summed E-state index contributed by atoms with van der Waals surface area (Å²) in [5.41, 5.74) is -0.610. The van der Waals surface area contributed by atoms with Crippen molar-refractivity contribution in [3.05, 3.63) is 46.5 Å². The molecular weight excluding hydrogens is 316 g/mol. The molecule has 0 bridgehead atoms. The maximum atomic E-state index is 11.8. The van der Waals surface area contributed by atoms with E-state index in [1.165, 1.54) is 17.6 Å². The Labute approximate surface area is 138 Å². The highest BCUT2D eigenvalue weighted by molar-refractivity contribution is 7.08. The zero-order valence-corrected chi connectivity index (χ0v) is 13.7. The molecule has 2 aromatic heterocycles. The summed E-state index contributed by atoms with van der Waals surface area (Å²) in [4.78, 5) is 23.5. The standard InChI is InChI=1S/C16H20N2O4S/c1-16(21,13-4-3-8-22-13)11-18-14(19)5-2-7-17-15(20)12-6-9-23-10-12/h3-4,6,8-10,21H,2,5,7,11H2,1H3,(H,17,20)(H,18,19). The van der Waals surface area contributed by atoms with E-state index in [0.717, 1.165) is 0 Å². The first-order chi connectivity index (χ1) is 11.0. The lowest BCUT2D eigenvalue weighted by atomic mass is 10.0. The van der Waals surface area contributed by atoms with Crippen LogP contribution in [0.1, 0.15) is 35.9 Å². The van der Waals surface area contributed by atoms with Crippen molar-refractivity contribution in [3.8, 4) is 0 Å². The lowest BCUT2D eigenvalue weighted by Gasteiger charge is -2.21. The second kappa shape index (κ2) is 7.94. The topological polar surface area (TPSA) is 91.6 Å². The first-order valence-corrected chi connectivity index (χ1v) is 8.27. The Morgan fingerprint density at radius 1 is 1.35 bits per heavy atom. The van der Waals surface area contributed by atoms with Gasteiger partial charge < -0.3 is 20.2 Å². The lowest BCUT2D eigenvalue weighted by Crippen LogP contribution is -2.38. The molecule has 0 saturated heterocycles. The summed E-state index contributed by atoms with van der Waals surface area (Å²) in [5, 5.41) is 19.3. The van der Waals surface area contributed by atoms with Crippen molar-refractivity contribution in [3.63, 3.8) is 0 Å². The fourth-order valence-corrected chi connectivity index (χ4v) is 2.61. The third kappa shape index (κ3) is 5.22. The van der Waals surface area contributed by atoms with Crippen LogP contribution in [0.5, 0.6) is 0 Å². The summed E-state index contributed by atoms with van der Waals surface area (Å²) in [7, 11) is 0. The van der Waals surface area contributed by atoms with Crippen LogP contribution < -0.4 is 10.6 Å². The third-order valence-electron chi connectivity index (χ3n) is 3.33. The number of carbonyl (C=O) groups excluding carboxylic acids is 2. The fourth-order valence-electron chi connectivity index (χ4n) is 1.98. The van der Waals surface area contributed by atoms with Gasteiger partial charge in [0.2, 0.25) is 5.91 Å². The van der Waals surface area contributed by atoms with Crippen LogP contribution in [0.25, 0.3) is 0 Å². The smallest absolute Gasteiger partial charge is 0.252 e. The molecule has 2 heterocycles. The minimum Gasteiger partial charge on any atom is -0.466 e. The SMILES string of the molecule is CC(O)(CNC(=O)CCCNC(=O)c1ccsc1)c1ccco1. The number of hydrogen-bond acceptors (Lipinski definition) is 5. The van der Waals surface area contributed by atoms with E-state index in [2.05, 4.69) is 10.6 Å². The second-order valence-electron chi connectivity index (χ2n) is 5.40. The molecular formula is C16H20N2O4S. The van der Waals surface area contributed by atoms with Crippen molar-refractivity contribution in [1.82, 2.24) is 10.6 Å². The summed E-state index contributed by atoms with van der Waals surface area (Å²) in [6.07, 6.45) is 2.28. The lowest BCUT2D eigenvalue weighted by molar-refractivity contribution is -0.122. The number of furan rings is 1. The van der Waals surface area contributed by atoms with Crippen molar-refractivity contribution >= 4 is 23.2 Å². The molecule has 0 spiro atoms. The van der Waals surface area contributed by atoms with Gasteiger partial charge in [-0.25, -0.2) is 0 Å². The highest BCUT2D eigenvalue weighted by Gasteiger charge is 2.26. The largest absolute Gasteiger partial charge is 0.466 e. The number of aliphatic hydroxyl groups is 1. The van der Waals surface area contributed by atoms with E-state index < -0.39 is 5.60 Å². The summed E-state index contributed by atoms with van der Waals surface area (Å²) < 4.78 is 5.14. The van der Waals surface area contributed by atoms with E-state index in [4.69, 9.17) is 4.42 Å². The molecule has 7 heteroatoms.